The second-order valence-corrected chi connectivity index (χ2v) is 6.46. The molecule has 3 aromatic heterocycles. The number of nitrogens with one attached hydrogen (secondary N) is 1. The Morgan fingerprint density at radius 3 is 2.79 bits per heavy atom. The summed E-state index contributed by atoms with van der Waals surface area (Å²) < 4.78 is 2.27. The first-order valence-electron chi connectivity index (χ1n) is 8.11. The van der Waals surface area contributed by atoms with Crippen LogP contribution >= 0.6 is 11.6 Å². The zero-order chi connectivity index (χ0) is 16.5. The molecule has 0 unspecified atom stereocenters. The standard InChI is InChI=1S/C18H18ClN5/c1-12-5-6-14(10-20-12)23-17-16(19)8-13(9-21-17)18-22-11-15-4-2-3-7-24(15)18/h5-6,8-11H,2-4,7H2,1H3,(H,21,23). The van der Waals surface area contributed by atoms with Crippen LogP contribution in [0.2, 0.25) is 5.02 Å². The first kappa shape index (κ1) is 15.1. The van der Waals surface area contributed by atoms with Crippen LogP contribution in [0.3, 0.4) is 0 Å². The first-order valence-corrected chi connectivity index (χ1v) is 8.48. The molecule has 0 bridgehead atoms. The van der Waals surface area contributed by atoms with E-state index in [-0.39, 0.29) is 0 Å². The molecule has 3 aromatic rings. The molecular weight excluding hydrogens is 322 g/mol. The number of nitrogens with zero attached hydrogens (tertiary/aromatic N) is 4. The van der Waals surface area contributed by atoms with Gasteiger partial charge in [-0.1, -0.05) is 11.6 Å². The highest BCUT2D eigenvalue weighted by Crippen LogP contribution is 2.29. The van der Waals surface area contributed by atoms with Gasteiger partial charge >= 0.3 is 0 Å². The van der Waals surface area contributed by atoms with E-state index < -0.39 is 0 Å². The highest BCUT2D eigenvalue weighted by Gasteiger charge is 2.16. The number of hydrogen-bond donors (Lipinski definition) is 1. The lowest BCUT2D eigenvalue weighted by atomic mass is 10.1. The maximum atomic E-state index is 6.43. The smallest absolute Gasteiger partial charge is 0.149 e. The van der Waals surface area contributed by atoms with Crippen LogP contribution in [0.1, 0.15) is 24.2 Å². The van der Waals surface area contributed by atoms with E-state index in [2.05, 4.69) is 24.8 Å². The Morgan fingerprint density at radius 1 is 1.08 bits per heavy atom. The molecule has 0 aliphatic carbocycles. The summed E-state index contributed by atoms with van der Waals surface area (Å²) in [5.74, 6) is 1.57. The van der Waals surface area contributed by atoms with Gasteiger partial charge in [-0.15, -0.1) is 0 Å². The van der Waals surface area contributed by atoms with Gasteiger partial charge < -0.3 is 9.88 Å². The number of aryl methyl sites for hydroxylation is 2. The molecule has 122 valence electrons. The number of anilines is 2. The predicted octanol–water partition coefficient (Wildman–Crippen LogP) is 4.38. The highest BCUT2D eigenvalue weighted by molar-refractivity contribution is 6.33. The van der Waals surface area contributed by atoms with Crippen molar-refractivity contribution in [2.75, 3.05) is 5.32 Å². The molecule has 0 atom stereocenters. The summed E-state index contributed by atoms with van der Waals surface area (Å²) in [4.78, 5) is 13.3. The normalized spacial score (nSPS) is 13.6. The Labute approximate surface area is 145 Å². The average molecular weight is 340 g/mol. The molecule has 4 heterocycles. The summed E-state index contributed by atoms with van der Waals surface area (Å²) in [5, 5.41) is 3.77. The third-order valence-corrected chi connectivity index (χ3v) is 4.56. The molecule has 1 N–H and O–H groups in total. The molecule has 0 aromatic carbocycles. The van der Waals surface area contributed by atoms with Gasteiger partial charge in [-0.2, -0.15) is 0 Å². The zero-order valence-electron chi connectivity index (χ0n) is 13.5. The van der Waals surface area contributed by atoms with Crippen LogP contribution in [0.25, 0.3) is 11.4 Å². The minimum Gasteiger partial charge on any atom is -0.338 e. The first-order chi connectivity index (χ1) is 11.7. The summed E-state index contributed by atoms with van der Waals surface area (Å²) >= 11 is 6.43. The summed E-state index contributed by atoms with van der Waals surface area (Å²) in [5.41, 5.74) is 4.07. The third kappa shape index (κ3) is 2.87. The van der Waals surface area contributed by atoms with Gasteiger partial charge in [0.2, 0.25) is 0 Å². The van der Waals surface area contributed by atoms with Gasteiger partial charge in [0, 0.05) is 35.9 Å². The Kier molecular flexibility index (Phi) is 3.94. The predicted molar refractivity (Wildman–Crippen MR) is 95.7 cm³/mol. The van der Waals surface area contributed by atoms with Crippen LogP contribution in [0, 0.1) is 6.92 Å². The number of pyridine rings is 2. The lowest BCUT2D eigenvalue weighted by molar-refractivity contribution is 0.536. The maximum Gasteiger partial charge on any atom is 0.149 e. The van der Waals surface area contributed by atoms with E-state index >= 15 is 0 Å². The van der Waals surface area contributed by atoms with Gasteiger partial charge in [-0.25, -0.2) is 9.97 Å². The number of halogens is 1. The zero-order valence-corrected chi connectivity index (χ0v) is 14.2. The van der Waals surface area contributed by atoms with E-state index in [1.54, 1.807) is 6.20 Å². The van der Waals surface area contributed by atoms with Crippen molar-refractivity contribution in [2.24, 2.45) is 0 Å². The fraction of sp³-hybridized carbons (Fsp3) is 0.278. The molecule has 0 fully saturated rings. The molecule has 1 aliphatic rings. The van der Waals surface area contributed by atoms with Crippen LogP contribution in [0.15, 0.2) is 36.8 Å². The van der Waals surface area contributed by atoms with E-state index in [1.807, 2.05) is 37.5 Å². The lowest BCUT2D eigenvalue weighted by Crippen LogP contribution is -2.10. The van der Waals surface area contributed by atoms with E-state index in [0.717, 1.165) is 35.7 Å². The van der Waals surface area contributed by atoms with Gasteiger partial charge in [0.1, 0.15) is 11.6 Å². The molecule has 0 radical (unpaired) electrons. The van der Waals surface area contributed by atoms with E-state index in [9.17, 15) is 0 Å². The second-order valence-electron chi connectivity index (χ2n) is 6.05. The molecule has 1 aliphatic heterocycles. The molecular formula is C18H18ClN5. The van der Waals surface area contributed by atoms with Crippen molar-refractivity contribution >= 4 is 23.1 Å². The van der Waals surface area contributed by atoms with Gasteiger partial charge in [0.05, 0.1) is 16.9 Å². The van der Waals surface area contributed by atoms with Crippen molar-refractivity contribution in [1.29, 1.82) is 0 Å². The number of aromatic nitrogens is 4. The number of hydrogen-bond acceptors (Lipinski definition) is 4. The Morgan fingerprint density at radius 2 is 2.00 bits per heavy atom. The summed E-state index contributed by atoms with van der Waals surface area (Å²) in [6, 6.07) is 5.82. The van der Waals surface area contributed by atoms with E-state index in [0.29, 0.717) is 10.8 Å². The molecule has 0 saturated heterocycles. The van der Waals surface area contributed by atoms with Crippen LogP contribution in [-0.4, -0.2) is 19.5 Å². The minimum atomic E-state index is 0.571. The fourth-order valence-electron chi connectivity index (χ4n) is 3.00. The summed E-state index contributed by atoms with van der Waals surface area (Å²) in [6.45, 7) is 2.96. The van der Waals surface area contributed by atoms with Crippen molar-refractivity contribution in [1.82, 2.24) is 19.5 Å². The Hall–Kier alpha value is -2.40. The fourth-order valence-corrected chi connectivity index (χ4v) is 3.21. The monoisotopic (exact) mass is 339 g/mol. The summed E-state index contributed by atoms with van der Waals surface area (Å²) in [6.07, 6.45) is 9.07. The second kappa shape index (κ2) is 6.24. The molecule has 0 amide bonds. The molecule has 0 saturated carbocycles. The number of imidazole rings is 1. The Balaban J connectivity index is 1.62. The van der Waals surface area contributed by atoms with Crippen LogP contribution < -0.4 is 5.32 Å². The van der Waals surface area contributed by atoms with Gasteiger partial charge in [0.25, 0.3) is 0 Å². The minimum absolute atomic E-state index is 0.571. The topological polar surface area (TPSA) is 55.6 Å². The lowest BCUT2D eigenvalue weighted by Gasteiger charge is -2.16. The van der Waals surface area contributed by atoms with Crippen LogP contribution in [-0.2, 0) is 13.0 Å². The molecule has 24 heavy (non-hydrogen) atoms. The number of fused-ring (bicyclic) bond motifs is 1. The molecule has 0 spiro atoms. The molecule has 5 nitrogen and oxygen atoms in total. The van der Waals surface area contributed by atoms with Gasteiger partial charge in [0.15, 0.2) is 0 Å². The largest absolute Gasteiger partial charge is 0.338 e. The van der Waals surface area contributed by atoms with Crippen molar-refractivity contribution in [3.05, 3.63) is 53.2 Å². The Bertz CT molecular complexity index is 870. The molecule has 6 heteroatoms. The van der Waals surface area contributed by atoms with E-state index in [4.69, 9.17) is 11.6 Å². The van der Waals surface area contributed by atoms with Crippen molar-refractivity contribution in [2.45, 2.75) is 32.7 Å². The SMILES string of the molecule is Cc1ccc(Nc2ncc(-c3ncc4n3CCCC4)cc2Cl)cn1. The van der Waals surface area contributed by atoms with Crippen molar-refractivity contribution < 1.29 is 0 Å². The maximum absolute atomic E-state index is 6.43. The quantitative estimate of drug-likeness (QED) is 0.769. The summed E-state index contributed by atoms with van der Waals surface area (Å²) in [7, 11) is 0. The van der Waals surface area contributed by atoms with Crippen LogP contribution in [0.4, 0.5) is 11.5 Å². The van der Waals surface area contributed by atoms with E-state index in [1.165, 1.54) is 18.5 Å². The van der Waals surface area contributed by atoms with Crippen LogP contribution in [0.5, 0.6) is 0 Å². The van der Waals surface area contributed by atoms with Gasteiger partial charge in [-0.3, -0.25) is 4.98 Å². The number of rotatable bonds is 3. The average Bonchev–Trinajstić information content (AvgIpc) is 3.03. The van der Waals surface area contributed by atoms with Gasteiger partial charge in [-0.05, 0) is 44.4 Å². The third-order valence-electron chi connectivity index (χ3n) is 4.28. The van der Waals surface area contributed by atoms with Crippen molar-refractivity contribution in [3.8, 4) is 11.4 Å². The molecule has 4 rings (SSSR count). The van der Waals surface area contributed by atoms with Crippen molar-refractivity contribution in [3.63, 3.8) is 0 Å². The highest BCUT2D eigenvalue weighted by atomic mass is 35.5.